The fourth-order valence-corrected chi connectivity index (χ4v) is 3.18. The van der Waals surface area contributed by atoms with E-state index in [1.54, 1.807) is 0 Å². The Kier molecular flexibility index (Phi) is 4.43. The van der Waals surface area contributed by atoms with E-state index in [2.05, 4.69) is 6.92 Å². The number of rotatable bonds is 4. The highest BCUT2D eigenvalue weighted by Gasteiger charge is 2.34. The number of nitrogens with two attached hydrogens (primary N) is 1. The Hall–Kier alpha value is -0.570. The predicted molar refractivity (Wildman–Crippen MR) is 69.6 cm³/mol. The van der Waals surface area contributed by atoms with Crippen molar-refractivity contribution < 1.29 is 4.79 Å². The number of hydrogen-bond acceptors (Lipinski definition) is 2. The van der Waals surface area contributed by atoms with Crippen LogP contribution in [0, 0.1) is 5.92 Å². The van der Waals surface area contributed by atoms with Crippen LogP contribution in [0.1, 0.15) is 58.3 Å². The third-order valence-corrected chi connectivity index (χ3v) is 4.58. The van der Waals surface area contributed by atoms with Gasteiger partial charge in [0.05, 0.1) is 6.04 Å². The van der Waals surface area contributed by atoms with Crippen molar-refractivity contribution in [2.75, 3.05) is 6.54 Å². The summed E-state index contributed by atoms with van der Waals surface area (Å²) in [6.45, 7) is 2.90. The molecule has 0 spiro atoms. The van der Waals surface area contributed by atoms with Gasteiger partial charge in [0.2, 0.25) is 5.91 Å². The fourth-order valence-electron chi connectivity index (χ4n) is 3.18. The van der Waals surface area contributed by atoms with E-state index in [1.165, 1.54) is 38.5 Å². The van der Waals surface area contributed by atoms with Crippen molar-refractivity contribution in [2.45, 2.75) is 70.4 Å². The number of likely N-dealkylation sites (N-methyl/N-ethyl adjacent to an activating group) is 1. The number of carbonyl (C=O) groups is 1. The molecule has 17 heavy (non-hydrogen) atoms. The van der Waals surface area contributed by atoms with Crippen molar-refractivity contribution in [1.29, 1.82) is 0 Å². The molecule has 0 aromatic rings. The van der Waals surface area contributed by atoms with Gasteiger partial charge in [0.1, 0.15) is 0 Å². The van der Waals surface area contributed by atoms with Gasteiger partial charge in [-0.3, -0.25) is 4.79 Å². The molecule has 0 radical (unpaired) electrons. The van der Waals surface area contributed by atoms with E-state index >= 15 is 0 Å². The molecule has 0 heterocycles. The van der Waals surface area contributed by atoms with E-state index in [-0.39, 0.29) is 11.9 Å². The third kappa shape index (κ3) is 2.82. The first kappa shape index (κ1) is 12.9. The van der Waals surface area contributed by atoms with Gasteiger partial charge in [-0.25, -0.2) is 0 Å². The zero-order valence-electron chi connectivity index (χ0n) is 11.0. The van der Waals surface area contributed by atoms with Gasteiger partial charge in [0.15, 0.2) is 0 Å². The molecule has 1 amide bonds. The largest absolute Gasteiger partial charge is 0.339 e. The van der Waals surface area contributed by atoms with E-state index in [1.807, 2.05) is 4.90 Å². The molecule has 2 aliphatic carbocycles. The van der Waals surface area contributed by atoms with Crippen LogP contribution in [0.4, 0.5) is 0 Å². The van der Waals surface area contributed by atoms with Crippen molar-refractivity contribution >= 4 is 5.91 Å². The molecule has 0 unspecified atom stereocenters. The summed E-state index contributed by atoms with van der Waals surface area (Å²) in [5.41, 5.74) is 6.19. The van der Waals surface area contributed by atoms with Crippen molar-refractivity contribution in [1.82, 2.24) is 4.90 Å². The Morgan fingerprint density at radius 3 is 2.29 bits per heavy atom. The van der Waals surface area contributed by atoms with Crippen LogP contribution in [-0.2, 0) is 4.79 Å². The highest BCUT2D eigenvalue weighted by atomic mass is 16.2. The second kappa shape index (κ2) is 5.85. The highest BCUT2D eigenvalue weighted by Crippen LogP contribution is 2.29. The minimum atomic E-state index is -0.240. The fraction of sp³-hybridized carbons (Fsp3) is 0.929. The lowest BCUT2D eigenvalue weighted by Gasteiger charge is -2.40. The molecule has 3 heteroatoms. The molecule has 2 rings (SSSR count). The molecule has 0 saturated heterocycles. The monoisotopic (exact) mass is 238 g/mol. The first-order valence-corrected chi connectivity index (χ1v) is 7.30. The smallest absolute Gasteiger partial charge is 0.240 e. The van der Waals surface area contributed by atoms with Crippen molar-refractivity contribution in [3.63, 3.8) is 0 Å². The molecule has 2 N–H and O–H groups in total. The first-order valence-electron chi connectivity index (χ1n) is 7.30. The van der Waals surface area contributed by atoms with Gasteiger partial charge < -0.3 is 10.6 Å². The number of nitrogens with zero attached hydrogens (tertiary/aromatic N) is 1. The van der Waals surface area contributed by atoms with Gasteiger partial charge >= 0.3 is 0 Å². The summed E-state index contributed by atoms with van der Waals surface area (Å²) < 4.78 is 0. The molecule has 0 aromatic carbocycles. The zero-order valence-corrected chi connectivity index (χ0v) is 11.0. The van der Waals surface area contributed by atoms with Crippen molar-refractivity contribution in [3.05, 3.63) is 0 Å². The molecule has 3 nitrogen and oxygen atoms in total. The molecular formula is C14H26N2O. The second-order valence-electron chi connectivity index (χ2n) is 5.63. The van der Waals surface area contributed by atoms with Crippen LogP contribution in [-0.4, -0.2) is 29.4 Å². The topological polar surface area (TPSA) is 46.3 Å². The van der Waals surface area contributed by atoms with Crippen LogP contribution in [0.15, 0.2) is 0 Å². The Bertz CT molecular complexity index is 257. The molecular weight excluding hydrogens is 212 g/mol. The molecule has 2 aliphatic rings. The van der Waals surface area contributed by atoms with Gasteiger partial charge in [-0.2, -0.15) is 0 Å². The number of carbonyl (C=O) groups excluding carboxylic acids is 1. The molecule has 1 atom stereocenters. The molecule has 0 aliphatic heterocycles. The average Bonchev–Trinajstić information content (AvgIpc) is 2.32. The van der Waals surface area contributed by atoms with Gasteiger partial charge in [-0.15, -0.1) is 0 Å². The molecule has 0 aromatic heterocycles. The van der Waals surface area contributed by atoms with E-state index in [4.69, 9.17) is 5.73 Å². The predicted octanol–water partition coefficient (Wildman–Crippen LogP) is 2.29. The summed E-state index contributed by atoms with van der Waals surface area (Å²) >= 11 is 0. The Labute approximate surface area is 105 Å². The highest BCUT2D eigenvalue weighted by molar-refractivity contribution is 5.82. The Balaban J connectivity index is 1.91. The van der Waals surface area contributed by atoms with Crippen LogP contribution in [0.5, 0.6) is 0 Å². The maximum atomic E-state index is 12.4. The lowest BCUT2D eigenvalue weighted by molar-refractivity contribution is -0.138. The summed E-state index contributed by atoms with van der Waals surface area (Å²) in [6.07, 6.45) is 9.74. The van der Waals surface area contributed by atoms with Crippen LogP contribution in [0.2, 0.25) is 0 Å². The van der Waals surface area contributed by atoms with E-state index in [0.29, 0.717) is 12.0 Å². The summed E-state index contributed by atoms with van der Waals surface area (Å²) in [5.74, 6) is 0.648. The molecule has 98 valence electrons. The van der Waals surface area contributed by atoms with Crippen molar-refractivity contribution in [2.24, 2.45) is 11.7 Å². The van der Waals surface area contributed by atoms with Gasteiger partial charge in [0.25, 0.3) is 0 Å². The van der Waals surface area contributed by atoms with Crippen LogP contribution in [0.3, 0.4) is 0 Å². The molecule has 2 saturated carbocycles. The second-order valence-corrected chi connectivity index (χ2v) is 5.63. The first-order chi connectivity index (χ1) is 8.24. The molecule has 2 fully saturated rings. The van der Waals surface area contributed by atoms with Crippen LogP contribution >= 0.6 is 0 Å². The van der Waals surface area contributed by atoms with Gasteiger partial charge in [-0.1, -0.05) is 19.3 Å². The third-order valence-electron chi connectivity index (χ3n) is 4.58. The van der Waals surface area contributed by atoms with Crippen LogP contribution < -0.4 is 5.73 Å². The summed E-state index contributed by atoms with van der Waals surface area (Å²) in [4.78, 5) is 14.4. The molecule has 0 bridgehead atoms. The van der Waals surface area contributed by atoms with Crippen molar-refractivity contribution in [3.8, 4) is 0 Å². The summed E-state index contributed by atoms with van der Waals surface area (Å²) in [5, 5.41) is 0. The van der Waals surface area contributed by atoms with E-state index in [9.17, 15) is 4.79 Å². The lowest BCUT2D eigenvalue weighted by atomic mass is 9.83. The average molecular weight is 238 g/mol. The van der Waals surface area contributed by atoms with E-state index < -0.39 is 0 Å². The number of hydrogen-bond donors (Lipinski definition) is 1. The standard InChI is InChI=1S/C14H26N2O/c1-2-16(12-9-6-10-12)14(17)13(15)11-7-4-3-5-8-11/h11-13H,2-10,15H2,1H3/t13-/m0/s1. The normalized spacial score (nSPS) is 24.1. The summed E-state index contributed by atoms with van der Waals surface area (Å²) in [6, 6.07) is 0.248. The SMILES string of the molecule is CCN(C(=O)[C@@H](N)C1CCCCC1)C1CCC1. The lowest BCUT2D eigenvalue weighted by Crippen LogP contribution is -2.53. The number of amides is 1. The van der Waals surface area contributed by atoms with Crippen LogP contribution in [0.25, 0.3) is 0 Å². The Morgan fingerprint density at radius 1 is 1.18 bits per heavy atom. The minimum absolute atomic E-state index is 0.212. The zero-order chi connectivity index (χ0) is 12.3. The Morgan fingerprint density at radius 2 is 1.82 bits per heavy atom. The minimum Gasteiger partial charge on any atom is -0.339 e. The summed E-state index contributed by atoms with van der Waals surface area (Å²) in [7, 11) is 0. The van der Waals surface area contributed by atoms with E-state index in [0.717, 1.165) is 19.4 Å². The maximum absolute atomic E-state index is 12.4. The maximum Gasteiger partial charge on any atom is 0.240 e. The quantitative estimate of drug-likeness (QED) is 0.817. The van der Waals surface area contributed by atoms with Gasteiger partial charge in [-0.05, 0) is 44.9 Å². The van der Waals surface area contributed by atoms with Gasteiger partial charge in [0, 0.05) is 12.6 Å².